The molecule has 0 bridgehead atoms. The maximum absolute atomic E-state index is 11.7. The summed E-state index contributed by atoms with van der Waals surface area (Å²) in [7, 11) is 1.58. The van der Waals surface area contributed by atoms with Crippen molar-refractivity contribution in [3.05, 3.63) is 36.0 Å². The van der Waals surface area contributed by atoms with Gasteiger partial charge < -0.3 is 10.1 Å². The van der Waals surface area contributed by atoms with Crippen LogP contribution in [-0.2, 0) is 0 Å². The van der Waals surface area contributed by atoms with Crippen molar-refractivity contribution in [2.24, 2.45) is 0 Å². The number of hydrogen-bond donors (Lipinski definition) is 1. The second-order valence-corrected chi connectivity index (χ2v) is 3.75. The standard InChI is InChI=1S/C10H9N3O2S/c1-15-8-4-2-7(3-5-8)10(14)12-9-6-11-13-16-9/h2-6H,1H3,(H,12,14). The van der Waals surface area contributed by atoms with E-state index in [1.807, 2.05) is 0 Å². The maximum Gasteiger partial charge on any atom is 0.256 e. The van der Waals surface area contributed by atoms with Crippen molar-refractivity contribution in [3.8, 4) is 5.75 Å². The fourth-order valence-electron chi connectivity index (χ4n) is 1.15. The van der Waals surface area contributed by atoms with Gasteiger partial charge in [-0.25, -0.2) is 0 Å². The highest BCUT2D eigenvalue weighted by Gasteiger charge is 2.07. The van der Waals surface area contributed by atoms with Crippen molar-refractivity contribution in [2.45, 2.75) is 0 Å². The summed E-state index contributed by atoms with van der Waals surface area (Å²) in [5.41, 5.74) is 0.564. The molecule has 82 valence electrons. The molecule has 1 amide bonds. The van der Waals surface area contributed by atoms with Crippen molar-refractivity contribution in [2.75, 3.05) is 12.4 Å². The van der Waals surface area contributed by atoms with Crippen molar-refractivity contribution in [1.82, 2.24) is 9.59 Å². The molecule has 0 aliphatic carbocycles. The molecule has 2 aromatic rings. The van der Waals surface area contributed by atoms with E-state index in [1.165, 1.54) is 6.20 Å². The van der Waals surface area contributed by atoms with Crippen molar-refractivity contribution in [3.63, 3.8) is 0 Å². The van der Waals surface area contributed by atoms with Crippen LogP contribution in [-0.4, -0.2) is 22.6 Å². The van der Waals surface area contributed by atoms with E-state index in [9.17, 15) is 4.79 Å². The second-order valence-electron chi connectivity index (χ2n) is 2.96. The lowest BCUT2D eigenvalue weighted by atomic mass is 10.2. The highest BCUT2D eigenvalue weighted by Crippen LogP contribution is 2.14. The van der Waals surface area contributed by atoms with Gasteiger partial charge in [-0.3, -0.25) is 4.79 Å². The third-order valence-electron chi connectivity index (χ3n) is 1.95. The lowest BCUT2D eigenvalue weighted by Crippen LogP contribution is -2.10. The minimum atomic E-state index is -0.186. The quantitative estimate of drug-likeness (QED) is 0.881. The van der Waals surface area contributed by atoms with Crippen LogP contribution < -0.4 is 10.1 Å². The van der Waals surface area contributed by atoms with Gasteiger partial charge in [0, 0.05) is 17.1 Å². The van der Waals surface area contributed by atoms with E-state index in [2.05, 4.69) is 14.9 Å². The Kier molecular flexibility index (Phi) is 3.11. The summed E-state index contributed by atoms with van der Waals surface area (Å²) in [4.78, 5) is 11.7. The van der Waals surface area contributed by atoms with Crippen LogP contribution in [0, 0.1) is 0 Å². The molecule has 5 nitrogen and oxygen atoms in total. The first-order chi connectivity index (χ1) is 7.79. The van der Waals surface area contributed by atoms with Gasteiger partial charge >= 0.3 is 0 Å². The molecule has 6 heteroatoms. The Morgan fingerprint density at radius 3 is 2.69 bits per heavy atom. The number of benzene rings is 1. The van der Waals surface area contributed by atoms with E-state index >= 15 is 0 Å². The smallest absolute Gasteiger partial charge is 0.256 e. The molecule has 16 heavy (non-hydrogen) atoms. The van der Waals surface area contributed by atoms with Crippen LogP contribution in [0.5, 0.6) is 5.75 Å². The first-order valence-corrected chi connectivity index (χ1v) is 5.29. The van der Waals surface area contributed by atoms with E-state index < -0.39 is 0 Å². The molecule has 0 aliphatic rings. The molecular weight excluding hydrogens is 226 g/mol. The molecule has 0 unspecified atom stereocenters. The van der Waals surface area contributed by atoms with Gasteiger partial charge in [-0.1, -0.05) is 4.49 Å². The minimum absolute atomic E-state index is 0.186. The Hall–Kier alpha value is -1.95. The SMILES string of the molecule is COc1ccc(C(=O)Nc2cnns2)cc1. The molecule has 2 rings (SSSR count). The molecule has 0 spiro atoms. The molecule has 0 fully saturated rings. The highest BCUT2D eigenvalue weighted by atomic mass is 32.1. The molecule has 0 saturated carbocycles. The summed E-state index contributed by atoms with van der Waals surface area (Å²) in [5, 5.41) is 6.95. The van der Waals surface area contributed by atoms with E-state index in [0.717, 1.165) is 17.3 Å². The number of anilines is 1. The lowest BCUT2D eigenvalue weighted by Gasteiger charge is -2.03. The predicted molar refractivity (Wildman–Crippen MR) is 60.9 cm³/mol. The molecule has 1 heterocycles. The van der Waals surface area contributed by atoms with Gasteiger partial charge in [0.05, 0.1) is 13.3 Å². The number of carbonyl (C=O) groups is 1. The van der Waals surface area contributed by atoms with Gasteiger partial charge in [-0.05, 0) is 24.3 Å². The summed E-state index contributed by atoms with van der Waals surface area (Å²) < 4.78 is 8.66. The van der Waals surface area contributed by atoms with Crippen LogP contribution in [0.1, 0.15) is 10.4 Å². The monoisotopic (exact) mass is 235 g/mol. The first-order valence-electron chi connectivity index (χ1n) is 4.52. The molecule has 0 radical (unpaired) electrons. The number of rotatable bonds is 3. The zero-order valence-electron chi connectivity index (χ0n) is 8.51. The summed E-state index contributed by atoms with van der Waals surface area (Å²) in [6.07, 6.45) is 1.51. The van der Waals surface area contributed by atoms with Crippen molar-refractivity contribution >= 4 is 22.4 Å². The van der Waals surface area contributed by atoms with Crippen LogP contribution in [0.15, 0.2) is 30.5 Å². The Morgan fingerprint density at radius 2 is 2.12 bits per heavy atom. The average Bonchev–Trinajstić information content (AvgIpc) is 2.82. The van der Waals surface area contributed by atoms with Crippen LogP contribution >= 0.6 is 11.5 Å². The van der Waals surface area contributed by atoms with Crippen LogP contribution in [0.2, 0.25) is 0 Å². The van der Waals surface area contributed by atoms with Gasteiger partial charge in [-0.2, -0.15) is 0 Å². The first kappa shape index (κ1) is 10.6. The Morgan fingerprint density at radius 1 is 1.38 bits per heavy atom. The molecule has 0 saturated heterocycles. The zero-order valence-corrected chi connectivity index (χ0v) is 9.32. The second kappa shape index (κ2) is 4.71. The molecular formula is C10H9N3O2S. The Labute approximate surface area is 96.2 Å². The third-order valence-corrected chi connectivity index (χ3v) is 2.53. The van der Waals surface area contributed by atoms with Gasteiger partial charge in [0.15, 0.2) is 0 Å². The molecule has 0 aliphatic heterocycles. The number of ether oxygens (including phenoxy) is 1. The number of hydrogen-bond acceptors (Lipinski definition) is 5. The maximum atomic E-state index is 11.7. The van der Waals surface area contributed by atoms with Crippen LogP contribution in [0.3, 0.4) is 0 Å². The topological polar surface area (TPSA) is 64.1 Å². The minimum Gasteiger partial charge on any atom is -0.497 e. The highest BCUT2D eigenvalue weighted by molar-refractivity contribution is 7.10. The number of nitrogens with one attached hydrogen (secondary N) is 1. The van der Waals surface area contributed by atoms with Gasteiger partial charge in [-0.15, -0.1) is 5.10 Å². The summed E-state index contributed by atoms with van der Waals surface area (Å²) >= 11 is 1.14. The Balaban J connectivity index is 2.09. The van der Waals surface area contributed by atoms with E-state index in [4.69, 9.17) is 4.74 Å². The number of amides is 1. The zero-order chi connectivity index (χ0) is 11.4. The number of nitrogens with zero attached hydrogens (tertiary/aromatic N) is 2. The summed E-state index contributed by atoms with van der Waals surface area (Å²) in [5.74, 6) is 0.532. The largest absolute Gasteiger partial charge is 0.497 e. The average molecular weight is 235 g/mol. The van der Waals surface area contributed by atoms with Gasteiger partial charge in [0.25, 0.3) is 5.91 Å². The van der Waals surface area contributed by atoms with Crippen molar-refractivity contribution in [1.29, 1.82) is 0 Å². The number of carbonyl (C=O) groups excluding carboxylic acids is 1. The van der Waals surface area contributed by atoms with Crippen molar-refractivity contribution < 1.29 is 9.53 Å². The summed E-state index contributed by atoms with van der Waals surface area (Å²) in [6.45, 7) is 0. The Bertz CT molecular complexity index is 467. The number of aromatic nitrogens is 2. The molecule has 1 aromatic heterocycles. The fourth-order valence-corrected chi connectivity index (χ4v) is 1.56. The number of methoxy groups -OCH3 is 1. The fraction of sp³-hybridized carbons (Fsp3) is 0.100. The van der Waals surface area contributed by atoms with Crippen LogP contribution in [0.25, 0.3) is 0 Å². The molecule has 1 aromatic carbocycles. The van der Waals surface area contributed by atoms with Crippen LogP contribution in [0.4, 0.5) is 5.00 Å². The normalized spacial score (nSPS) is 9.81. The van der Waals surface area contributed by atoms with E-state index in [0.29, 0.717) is 10.6 Å². The van der Waals surface area contributed by atoms with E-state index in [-0.39, 0.29) is 5.91 Å². The van der Waals surface area contributed by atoms with Gasteiger partial charge in [0.2, 0.25) is 0 Å². The van der Waals surface area contributed by atoms with Gasteiger partial charge in [0.1, 0.15) is 10.8 Å². The van der Waals surface area contributed by atoms with E-state index in [1.54, 1.807) is 31.4 Å². The predicted octanol–water partition coefficient (Wildman–Crippen LogP) is 1.80. The summed E-state index contributed by atoms with van der Waals surface area (Å²) in [6, 6.07) is 6.87. The lowest BCUT2D eigenvalue weighted by molar-refractivity contribution is 0.102. The third kappa shape index (κ3) is 2.34. The molecule has 1 N–H and O–H groups in total. The molecule has 0 atom stereocenters.